The SMILES string of the molecule is CCCCCC1c2ccccc2OCc2cnnn21. The highest BCUT2D eigenvalue weighted by Gasteiger charge is 2.24. The number of nitrogens with zero attached hydrogens (tertiary/aromatic N) is 3. The Morgan fingerprint density at radius 2 is 2.21 bits per heavy atom. The largest absolute Gasteiger partial charge is 0.487 e. The van der Waals surface area contributed by atoms with E-state index in [1.165, 1.54) is 24.8 Å². The van der Waals surface area contributed by atoms with Gasteiger partial charge in [0.1, 0.15) is 12.4 Å². The van der Waals surface area contributed by atoms with Gasteiger partial charge in [-0.2, -0.15) is 0 Å². The van der Waals surface area contributed by atoms with Crippen LogP contribution in [-0.2, 0) is 6.61 Å². The van der Waals surface area contributed by atoms with E-state index in [-0.39, 0.29) is 6.04 Å². The van der Waals surface area contributed by atoms with Crippen molar-refractivity contribution in [2.24, 2.45) is 0 Å². The summed E-state index contributed by atoms with van der Waals surface area (Å²) in [4.78, 5) is 0. The first-order chi connectivity index (χ1) is 9.40. The molecule has 0 aliphatic carbocycles. The second kappa shape index (κ2) is 5.43. The Bertz CT molecular complexity index is 550. The maximum absolute atomic E-state index is 5.87. The summed E-state index contributed by atoms with van der Waals surface area (Å²) in [5.41, 5.74) is 2.28. The summed E-state index contributed by atoms with van der Waals surface area (Å²) in [6.07, 6.45) is 6.58. The van der Waals surface area contributed by atoms with Crippen molar-refractivity contribution < 1.29 is 4.74 Å². The van der Waals surface area contributed by atoms with Crippen LogP contribution in [0.2, 0.25) is 0 Å². The molecule has 2 heterocycles. The van der Waals surface area contributed by atoms with Crippen LogP contribution in [0.3, 0.4) is 0 Å². The second-order valence-electron chi connectivity index (χ2n) is 5.01. The molecule has 0 saturated heterocycles. The molecule has 0 N–H and O–H groups in total. The molecule has 100 valence electrons. The Balaban J connectivity index is 1.96. The van der Waals surface area contributed by atoms with Crippen molar-refractivity contribution in [2.75, 3.05) is 0 Å². The minimum atomic E-state index is 0.253. The molecule has 0 radical (unpaired) electrons. The molecule has 1 atom stereocenters. The first-order valence-electron chi connectivity index (χ1n) is 7.01. The molecule has 3 rings (SSSR count). The van der Waals surface area contributed by atoms with Crippen molar-refractivity contribution >= 4 is 0 Å². The summed E-state index contributed by atoms with van der Waals surface area (Å²) < 4.78 is 7.90. The summed E-state index contributed by atoms with van der Waals surface area (Å²) in [7, 11) is 0. The number of benzene rings is 1. The maximum Gasteiger partial charge on any atom is 0.132 e. The zero-order valence-electron chi connectivity index (χ0n) is 11.2. The van der Waals surface area contributed by atoms with Gasteiger partial charge in [-0.05, 0) is 12.5 Å². The Hall–Kier alpha value is -1.84. The third kappa shape index (κ3) is 2.35. The van der Waals surface area contributed by atoms with E-state index in [0.29, 0.717) is 6.61 Å². The summed E-state index contributed by atoms with van der Waals surface area (Å²) >= 11 is 0. The van der Waals surface area contributed by atoms with Gasteiger partial charge >= 0.3 is 0 Å². The van der Waals surface area contributed by atoms with E-state index in [0.717, 1.165) is 17.9 Å². The van der Waals surface area contributed by atoms with Gasteiger partial charge < -0.3 is 4.74 Å². The van der Waals surface area contributed by atoms with Crippen LogP contribution in [0.1, 0.15) is 49.9 Å². The van der Waals surface area contributed by atoms with Crippen LogP contribution in [-0.4, -0.2) is 15.0 Å². The van der Waals surface area contributed by atoms with Gasteiger partial charge in [-0.15, -0.1) is 5.10 Å². The highest BCUT2D eigenvalue weighted by molar-refractivity contribution is 5.37. The fraction of sp³-hybridized carbons (Fsp3) is 0.467. The van der Waals surface area contributed by atoms with Gasteiger partial charge in [0.25, 0.3) is 0 Å². The molecule has 4 nitrogen and oxygen atoms in total. The summed E-state index contributed by atoms with van der Waals surface area (Å²) in [5, 5.41) is 8.29. The molecule has 4 heteroatoms. The van der Waals surface area contributed by atoms with Crippen molar-refractivity contribution in [3.63, 3.8) is 0 Å². The molecule has 1 unspecified atom stereocenters. The lowest BCUT2D eigenvalue weighted by Gasteiger charge is -2.18. The number of unbranched alkanes of at least 4 members (excludes halogenated alkanes) is 2. The lowest BCUT2D eigenvalue weighted by molar-refractivity contribution is 0.301. The highest BCUT2D eigenvalue weighted by Crippen LogP contribution is 2.34. The zero-order valence-corrected chi connectivity index (χ0v) is 11.2. The quantitative estimate of drug-likeness (QED) is 0.789. The third-order valence-corrected chi connectivity index (χ3v) is 3.68. The molecule has 19 heavy (non-hydrogen) atoms. The number of aromatic nitrogens is 3. The lowest BCUT2D eigenvalue weighted by atomic mass is 9.99. The molecule has 1 aliphatic heterocycles. The molecule has 0 bridgehead atoms. The molecule has 1 aromatic heterocycles. The molecule has 0 fully saturated rings. The molecule has 0 saturated carbocycles. The van der Waals surface area contributed by atoms with Crippen LogP contribution in [0, 0.1) is 0 Å². The van der Waals surface area contributed by atoms with Crippen LogP contribution in [0.4, 0.5) is 0 Å². The van der Waals surface area contributed by atoms with Crippen LogP contribution in [0.15, 0.2) is 30.5 Å². The van der Waals surface area contributed by atoms with Crippen molar-refractivity contribution in [3.05, 3.63) is 41.7 Å². The molecule has 0 spiro atoms. The third-order valence-electron chi connectivity index (χ3n) is 3.68. The number of ether oxygens (including phenoxy) is 1. The summed E-state index contributed by atoms with van der Waals surface area (Å²) in [6.45, 7) is 2.78. The van der Waals surface area contributed by atoms with Crippen molar-refractivity contribution in [2.45, 2.75) is 45.3 Å². The van der Waals surface area contributed by atoms with Gasteiger partial charge in [0, 0.05) is 5.56 Å². The molecule has 2 aromatic rings. The van der Waals surface area contributed by atoms with Gasteiger partial charge in [0.05, 0.1) is 17.9 Å². The number of hydrogen-bond acceptors (Lipinski definition) is 3. The Morgan fingerprint density at radius 3 is 3.11 bits per heavy atom. The van der Waals surface area contributed by atoms with Gasteiger partial charge in [0.15, 0.2) is 0 Å². The van der Waals surface area contributed by atoms with Crippen molar-refractivity contribution in [1.29, 1.82) is 0 Å². The van der Waals surface area contributed by atoms with E-state index in [2.05, 4.69) is 29.4 Å². The second-order valence-corrected chi connectivity index (χ2v) is 5.01. The number of hydrogen-bond donors (Lipinski definition) is 0. The predicted molar refractivity (Wildman–Crippen MR) is 73.1 cm³/mol. The lowest BCUT2D eigenvalue weighted by Crippen LogP contribution is -2.13. The van der Waals surface area contributed by atoms with Gasteiger partial charge in [-0.1, -0.05) is 49.6 Å². The average molecular weight is 257 g/mol. The smallest absolute Gasteiger partial charge is 0.132 e. The fourth-order valence-corrected chi connectivity index (χ4v) is 2.67. The maximum atomic E-state index is 5.87. The minimum absolute atomic E-state index is 0.253. The Labute approximate surface area is 113 Å². The number of para-hydroxylation sites is 1. The minimum Gasteiger partial charge on any atom is -0.487 e. The van der Waals surface area contributed by atoms with E-state index in [1.54, 1.807) is 6.20 Å². The number of fused-ring (bicyclic) bond motifs is 2. The fourth-order valence-electron chi connectivity index (χ4n) is 2.67. The van der Waals surface area contributed by atoms with Crippen molar-refractivity contribution in [3.8, 4) is 5.75 Å². The van der Waals surface area contributed by atoms with E-state index < -0.39 is 0 Å². The Kier molecular flexibility index (Phi) is 3.49. The molecule has 0 amide bonds. The topological polar surface area (TPSA) is 39.9 Å². The monoisotopic (exact) mass is 257 g/mol. The van der Waals surface area contributed by atoms with Crippen LogP contribution in [0.25, 0.3) is 0 Å². The van der Waals surface area contributed by atoms with E-state index in [4.69, 9.17) is 4.74 Å². The molecular formula is C15H19N3O. The van der Waals surface area contributed by atoms with E-state index in [9.17, 15) is 0 Å². The van der Waals surface area contributed by atoms with Crippen LogP contribution in [0.5, 0.6) is 5.75 Å². The van der Waals surface area contributed by atoms with E-state index in [1.807, 2.05) is 16.8 Å². The average Bonchev–Trinajstić information content (AvgIpc) is 2.85. The summed E-state index contributed by atoms with van der Waals surface area (Å²) in [6, 6.07) is 8.53. The van der Waals surface area contributed by atoms with Gasteiger partial charge in [-0.25, -0.2) is 4.68 Å². The Morgan fingerprint density at radius 1 is 1.32 bits per heavy atom. The van der Waals surface area contributed by atoms with E-state index >= 15 is 0 Å². The predicted octanol–water partition coefficient (Wildman–Crippen LogP) is 3.34. The van der Waals surface area contributed by atoms with Crippen molar-refractivity contribution in [1.82, 2.24) is 15.0 Å². The van der Waals surface area contributed by atoms with Crippen LogP contribution < -0.4 is 4.74 Å². The van der Waals surface area contributed by atoms with Gasteiger partial charge in [0.2, 0.25) is 0 Å². The standard InChI is InChI=1S/C15H19N3O/c1-2-3-4-8-14-13-7-5-6-9-15(13)19-11-12-10-16-17-18(12)14/h5-7,9-10,14H,2-4,8,11H2,1H3. The molecule has 1 aliphatic rings. The van der Waals surface area contributed by atoms with Gasteiger partial charge in [-0.3, -0.25) is 0 Å². The zero-order chi connectivity index (χ0) is 13.1. The van der Waals surface area contributed by atoms with Crippen LogP contribution >= 0.6 is 0 Å². The first kappa shape index (κ1) is 12.2. The normalized spacial score (nSPS) is 17.2. The molecular weight excluding hydrogens is 238 g/mol. The highest BCUT2D eigenvalue weighted by atomic mass is 16.5. The number of rotatable bonds is 4. The summed E-state index contributed by atoms with van der Waals surface area (Å²) in [5.74, 6) is 0.981. The molecule has 1 aromatic carbocycles. The first-order valence-corrected chi connectivity index (χ1v) is 7.01.